The van der Waals surface area contributed by atoms with Gasteiger partial charge in [0.15, 0.2) is 0 Å². The second-order valence-corrected chi connectivity index (χ2v) is 5.43. The molecule has 1 saturated heterocycles. The third-order valence-electron chi connectivity index (χ3n) is 3.91. The van der Waals surface area contributed by atoms with E-state index in [2.05, 4.69) is 37.4 Å². The zero-order chi connectivity index (χ0) is 13.7. The summed E-state index contributed by atoms with van der Waals surface area (Å²) in [6.07, 6.45) is 2.34. The largest absolute Gasteiger partial charge is 0.496 e. The smallest absolute Gasteiger partial charge is 0.123 e. The Kier molecular flexibility index (Phi) is 5.23. The van der Waals surface area contributed by atoms with Crippen LogP contribution >= 0.6 is 0 Å². The van der Waals surface area contributed by atoms with Gasteiger partial charge >= 0.3 is 0 Å². The molecule has 0 bridgehead atoms. The molecule has 3 heteroatoms. The molecule has 0 aromatic heterocycles. The lowest BCUT2D eigenvalue weighted by Gasteiger charge is -2.25. The minimum absolute atomic E-state index is 0.318. The van der Waals surface area contributed by atoms with E-state index in [0.717, 1.165) is 31.4 Å². The Labute approximate surface area is 116 Å². The minimum Gasteiger partial charge on any atom is -0.496 e. The fourth-order valence-electron chi connectivity index (χ4n) is 2.58. The van der Waals surface area contributed by atoms with Gasteiger partial charge in [0.05, 0.1) is 7.11 Å². The van der Waals surface area contributed by atoms with Crippen LogP contribution in [0.2, 0.25) is 0 Å². The van der Waals surface area contributed by atoms with Crippen molar-refractivity contribution < 1.29 is 9.47 Å². The second-order valence-electron chi connectivity index (χ2n) is 5.43. The Balaban J connectivity index is 1.93. The molecule has 19 heavy (non-hydrogen) atoms. The van der Waals surface area contributed by atoms with E-state index in [1.165, 1.54) is 24.0 Å². The molecule has 0 radical (unpaired) electrons. The molecule has 1 aromatic rings. The van der Waals surface area contributed by atoms with E-state index < -0.39 is 0 Å². The van der Waals surface area contributed by atoms with E-state index in [1.807, 2.05) is 0 Å². The number of ether oxygens (including phenoxy) is 2. The van der Waals surface area contributed by atoms with Crippen molar-refractivity contribution in [3.05, 3.63) is 29.3 Å². The molecule has 0 amide bonds. The maximum Gasteiger partial charge on any atom is 0.123 e. The summed E-state index contributed by atoms with van der Waals surface area (Å²) in [5, 5.41) is 3.63. The lowest BCUT2D eigenvalue weighted by atomic mass is 9.99. The van der Waals surface area contributed by atoms with Crippen molar-refractivity contribution in [1.82, 2.24) is 5.32 Å². The Bertz CT molecular complexity index is 400. The SMILES string of the molecule is COc1cc(C)ccc1C(C)NCC1CCOCC1. The van der Waals surface area contributed by atoms with Gasteiger partial charge in [-0.2, -0.15) is 0 Å². The Morgan fingerprint density at radius 3 is 2.79 bits per heavy atom. The van der Waals surface area contributed by atoms with Crippen LogP contribution in [0.5, 0.6) is 5.75 Å². The zero-order valence-corrected chi connectivity index (χ0v) is 12.2. The van der Waals surface area contributed by atoms with Gasteiger partial charge in [0.25, 0.3) is 0 Å². The summed E-state index contributed by atoms with van der Waals surface area (Å²) >= 11 is 0. The molecule has 1 aromatic carbocycles. The van der Waals surface area contributed by atoms with Crippen LogP contribution in [0.25, 0.3) is 0 Å². The first-order valence-electron chi connectivity index (χ1n) is 7.16. The summed E-state index contributed by atoms with van der Waals surface area (Å²) in [6.45, 7) is 7.17. The van der Waals surface area contributed by atoms with Gasteiger partial charge in [0.2, 0.25) is 0 Å². The summed E-state index contributed by atoms with van der Waals surface area (Å²) in [4.78, 5) is 0. The van der Waals surface area contributed by atoms with Gasteiger partial charge in [-0.25, -0.2) is 0 Å². The molecule has 106 valence electrons. The van der Waals surface area contributed by atoms with Gasteiger partial charge in [-0.1, -0.05) is 12.1 Å². The number of hydrogen-bond acceptors (Lipinski definition) is 3. The van der Waals surface area contributed by atoms with Crippen molar-refractivity contribution in [3.63, 3.8) is 0 Å². The summed E-state index contributed by atoms with van der Waals surface area (Å²) < 4.78 is 10.9. The molecule has 1 aliphatic heterocycles. The van der Waals surface area contributed by atoms with Crippen LogP contribution in [-0.4, -0.2) is 26.9 Å². The molecule has 0 spiro atoms. The van der Waals surface area contributed by atoms with E-state index in [1.54, 1.807) is 7.11 Å². The number of nitrogens with one attached hydrogen (secondary N) is 1. The number of rotatable bonds is 5. The predicted octanol–water partition coefficient (Wildman–Crippen LogP) is 3.08. The molecule has 1 fully saturated rings. The number of aryl methyl sites for hydroxylation is 1. The predicted molar refractivity (Wildman–Crippen MR) is 77.7 cm³/mol. The number of benzene rings is 1. The lowest BCUT2D eigenvalue weighted by Crippen LogP contribution is -2.29. The highest BCUT2D eigenvalue weighted by Gasteiger charge is 2.16. The highest BCUT2D eigenvalue weighted by atomic mass is 16.5. The lowest BCUT2D eigenvalue weighted by molar-refractivity contribution is 0.0656. The average Bonchev–Trinajstić information content (AvgIpc) is 2.45. The average molecular weight is 263 g/mol. The Morgan fingerprint density at radius 2 is 2.11 bits per heavy atom. The van der Waals surface area contributed by atoms with Crippen molar-refractivity contribution >= 4 is 0 Å². The fraction of sp³-hybridized carbons (Fsp3) is 0.625. The van der Waals surface area contributed by atoms with Crippen molar-refractivity contribution in [2.24, 2.45) is 5.92 Å². The summed E-state index contributed by atoms with van der Waals surface area (Å²) in [5.74, 6) is 1.72. The normalized spacial score (nSPS) is 18.3. The molecule has 1 aliphatic rings. The van der Waals surface area contributed by atoms with Gasteiger partial charge < -0.3 is 14.8 Å². The molecule has 1 atom stereocenters. The van der Waals surface area contributed by atoms with E-state index >= 15 is 0 Å². The minimum atomic E-state index is 0.318. The van der Waals surface area contributed by atoms with Crippen LogP contribution < -0.4 is 10.1 Å². The number of methoxy groups -OCH3 is 1. The van der Waals surface area contributed by atoms with E-state index in [0.29, 0.717) is 6.04 Å². The fourth-order valence-corrected chi connectivity index (χ4v) is 2.58. The highest BCUT2D eigenvalue weighted by molar-refractivity contribution is 5.39. The van der Waals surface area contributed by atoms with Crippen molar-refractivity contribution in [2.45, 2.75) is 32.7 Å². The highest BCUT2D eigenvalue weighted by Crippen LogP contribution is 2.26. The quantitative estimate of drug-likeness (QED) is 0.885. The van der Waals surface area contributed by atoms with E-state index in [9.17, 15) is 0 Å². The van der Waals surface area contributed by atoms with Gasteiger partial charge in [-0.05, 0) is 50.8 Å². The monoisotopic (exact) mass is 263 g/mol. The van der Waals surface area contributed by atoms with E-state index in [-0.39, 0.29) is 0 Å². The van der Waals surface area contributed by atoms with Gasteiger partial charge in [-0.15, -0.1) is 0 Å². The first-order valence-corrected chi connectivity index (χ1v) is 7.16. The van der Waals surface area contributed by atoms with Crippen LogP contribution in [0.15, 0.2) is 18.2 Å². The van der Waals surface area contributed by atoms with Crippen molar-refractivity contribution in [1.29, 1.82) is 0 Å². The second kappa shape index (κ2) is 6.92. The zero-order valence-electron chi connectivity index (χ0n) is 12.2. The maximum atomic E-state index is 5.48. The summed E-state index contributed by atoms with van der Waals surface area (Å²) in [5.41, 5.74) is 2.47. The molecular weight excluding hydrogens is 238 g/mol. The van der Waals surface area contributed by atoms with Crippen LogP contribution in [-0.2, 0) is 4.74 Å². The Morgan fingerprint density at radius 1 is 1.37 bits per heavy atom. The van der Waals surface area contributed by atoms with Crippen LogP contribution in [0, 0.1) is 12.8 Å². The third kappa shape index (κ3) is 3.95. The standard InChI is InChI=1S/C16H25NO2/c1-12-4-5-15(16(10-12)18-3)13(2)17-11-14-6-8-19-9-7-14/h4-5,10,13-14,17H,6-9,11H2,1-3H3. The van der Waals surface area contributed by atoms with Crippen LogP contribution in [0.3, 0.4) is 0 Å². The molecular formula is C16H25NO2. The summed E-state index contributed by atoms with van der Waals surface area (Å²) in [6, 6.07) is 6.72. The maximum absolute atomic E-state index is 5.48. The van der Waals surface area contributed by atoms with Crippen LogP contribution in [0.4, 0.5) is 0 Å². The first kappa shape index (κ1) is 14.4. The van der Waals surface area contributed by atoms with Crippen LogP contribution in [0.1, 0.15) is 36.9 Å². The molecule has 2 rings (SSSR count). The first-order chi connectivity index (χ1) is 9.20. The Hall–Kier alpha value is -1.06. The molecule has 0 saturated carbocycles. The molecule has 0 aliphatic carbocycles. The van der Waals surface area contributed by atoms with Gasteiger partial charge in [0.1, 0.15) is 5.75 Å². The molecule has 1 unspecified atom stereocenters. The molecule has 3 nitrogen and oxygen atoms in total. The third-order valence-corrected chi connectivity index (χ3v) is 3.91. The summed E-state index contributed by atoms with van der Waals surface area (Å²) in [7, 11) is 1.74. The van der Waals surface area contributed by atoms with Gasteiger partial charge in [0, 0.05) is 24.8 Å². The van der Waals surface area contributed by atoms with Crippen molar-refractivity contribution in [2.75, 3.05) is 26.9 Å². The topological polar surface area (TPSA) is 30.5 Å². The molecule has 1 heterocycles. The molecule has 1 N–H and O–H groups in total. The number of hydrogen-bond donors (Lipinski definition) is 1. The van der Waals surface area contributed by atoms with Crippen molar-refractivity contribution in [3.8, 4) is 5.75 Å². The van der Waals surface area contributed by atoms with Gasteiger partial charge in [-0.3, -0.25) is 0 Å². The van der Waals surface area contributed by atoms with E-state index in [4.69, 9.17) is 9.47 Å².